The largest absolute Gasteiger partial charge is 0.496 e. The van der Waals surface area contributed by atoms with Crippen LogP contribution < -0.4 is 14.4 Å². The Hall–Kier alpha value is -2.24. The van der Waals surface area contributed by atoms with E-state index in [9.17, 15) is 0 Å². The van der Waals surface area contributed by atoms with Crippen molar-refractivity contribution in [2.24, 2.45) is 0 Å². The molecule has 5 nitrogen and oxygen atoms in total. The van der Waals surface area contributed by atoms with Gasteiger partial charge in [0.2, 0.25) is 0 Å². The van der Waals surface area contributed by atoms with Crippen LogP contribution in [0.3, 0.4) is 0 Å². The second-order valence-electron chi connectivity index (χ2n) is 6.85. The molecule has 0 radical (unpaired) electrons. The predicted molar refractivity (Wildman–Crippen MR) is 114 cm³/mol. The number of hydrogen-bond donors (Lipinski definition) is 0. The lowest BCUT2D eigenvalue weighted by molar-refractivity contribution is 0.393. The molecule has 2 aromatic heterocycles. The van der Waals surface area contributed by atoms with Crippen molar-refractivity contribution in [1.82, 2.24) is 9.97 Å². The molecule has 0 atom stereocenters. The number of benzene rings is 1. The summed E-state index contributed by atoms with van der Waals surface area (Å²) >= 11 is 12.9. The molecule has 28 heavy (non-hydrogen) atoms. The minimum atomic E-state index is 0.458. The third-order valence-electron chi connectivity index (χ3n) is 5.21. The number of fused-ring (bicyclic) bond motifs is 1. The van der Waals surface area contributed by atoms with E-state index in [4.69, 9.17) is 37.7 Å². The van der Waals surface area contributed by atoms with Gasteiger partial charge in [-0.25, -0.2) is 9.97 Å². The summed E-state index contributed by atoms with van der Waals surface area (Å²) in [4.78, 5) is 11.6. The standard InChI is InChI=1S/C21H21Cl2N3O2/c1-12-16(27-2)10-17(28-3)20(23)19(12)15-8-13-11-24-18(22)9-14(13)21(25-15)26-6-4-5-7-26/h8-11H,4-7H2,1-3H3. The molecular weight excluding hydrogens is 397 g/mol. The van der Waals surface area contributed by atoms with Crippen LogP contribution in [0.4, 0.5) is 5.82 Å². The van der Waals surface area contributed by atoms with Gasteiger partial charge in [0.05, 0.1) is 24.9 Å². The van der Waals surface area contributed by atoms with Crippen LogP contribution in [-0.4, -0.2) is 37.3 Å². The fourth-order valence-electron chi connectivity index (χ4n) is 3.77. The van der Waals surface area contributed by atoms with E-state index >= 15 is 0 Å². The van der Waals surface area contributed by atoms with E-state index in [0.29, 0.717) is 21.7 Å². The first-order chi connectivity index (χ1) is 13.5. The molecule has 0 saturated carbocycles. The summed E-state index contributed by atoms with van der Waals surface area (Å²) in [5, 5.41) is 2.93. The van der Waals surface area contributed by atoms with E-state index in [1.807, 2.05) is 19.1 Å². The van der Waals surface area contributed by atoms with Gasteiger partial charge >= 0.3 is 0 Å². The van der Waals surface area contributed by atoms with Gasteiger partial charge in [0.1, 0.15) is 22.5 Å². The number of anilines is 1. The second-order valence-corrected chi connectivity index (χ2v) is 7.61. The SMILES string of the molecule is COc1cc(OC)c(Cl)c(-c2cc3cnc(Cl)cc3c(N3CCCC3)n2)c1C. The Bertz CT molecular complexity index is 1020. The number of pyridine rings is 2. The molecule has 1 fully saturated rings. The van der Waals surface area contributed by atoms with Crippen LogP contribution in [0.15, 0.2) is 24.4 Å². The average molecular weight is 418 g/mol. The van der Waals surface area contributed by atoms with Crippen LogP contribution in [0, 0.1) is 6.92 Å². The Morgan fingerprint density at radius 2 is 1.71 bits per heavy atom. The van der Waals surface area contributed by atoms with Gasteiger partial charge in [-0.3, -0.25) is 0 Å². The van der Waals surface area contributed by atoms with Gasteiger partial charge in [0.15, 0.2) is 0 Å². The maximum Gasteiger partial charge on any atom is 0.141 e. The van der Waals surface area contributed by atoms with Crippen LogP contribution in [0.25, 0.3) is 22.0 Å². The summed E-state index contributed by atoms with van der Waals surface area (Å²) in [6.07, 6.45) is 4.08. The number of methoxy groups -OCH3 is 2. The zero-order valence-electron chi connectivity index (χ0n) is 16.1. The van der Waals surface area contributed by atoms with Crippen molar-refractivity contribution < 1.29 is 9.47 Å². The molecule has 0 aliphatic carbocycles. The van der Waals surface area contributed by atoms with Gasteiger partial charge in [0, 0.05) is 47.3 Å². The summed E-state index contributed by atoms with van der Waals surface area (Å²) in [5.74, 6) is 2.17. The zero-order chi connectivity index (χ0) is 19.8. The fraction of sp³-hybridized carbons (Fsp3) is 0.333. The predicted octanol–water partition coefficient (Wildman–Crippen LogP) is 5.53. The molecule has 1 aliphatic rings. The normalized spacial score (nSPS) is 14.0. The summed E-state index contributed by atoms with van der Waals surface area (Å²) in [6.45, 7) is 3.92. The minimum absolute atomic E-state index is 0.458. The maximum absolute atomic E-state index is 6.70. The van der Waals surface area contributed by atoms with E-state index < -0.39 is 0 Å². The molecule has 3 heterocycles. The van der Waals surface area contributed by atoms with E-state index in [-0.39, 0.29) is 0 Å². The van der Waals surface area contributed by atoms with Crippen molar-refractivity contribution in [1.29, 1.82) is 0 Å². The Kier molecular flexibility index (Phi) is 5.21. The van der Waals surface area contributed by atoms with Crippen LogP contribution >= 0.6 is 23.2 Å². The minimum Gasteiger partial charge on any atom is -0.496 e. The summed E-state index contributed by atoms with van der Waals surface area (Å²) in [7, 11) is 3.23. The molecule has 3 aromatic rings. The molecule has 1 aromatic carbocycles. The molecular formula is C21H21Cl2N3O2. The van der Waals surface area contributed by atoms with E-state index in [1.54, 1.807) is 26.5 Å². The lowest BCUT2D eigenvalue weighted by Crippen LogP contribution is -2.19. The molecule has 0 unspecified atom stereocenters. The summed E-state index contributed by atoms with van der Waals surface area (Å²) < 4.78 is 11.0. The highest BCUT2D eigenvalue weighted by atomic mass is 35.5. The highest BCUT2D eigenvalue weighted by molar-refractivity contribution is 6.35. The number of halogens is 2. The molecule has 1 saturated heterocycles. The van der Waals surface area contributed by atoms with Crippen LogP contribution in [-0.2, 0) is 0 Å². The lowest BCUT2D eigenvalue weighted by Gasteiger charge is -2.21. The highest BCUT2D eigenvalue weighted by Crippen LogP contribution is 2.43. The quantitative estimate of drug-likeness (QED) is 0.522. The number of aromatic nitrogens is 2. The number of rotatable bonds is 4. The molecule has 0 bridgehead atoms. The first kappa shape index (κ1) is 19.1. The van der Waals surface area contributed by atoms with E-state index in [1.165, 1.54) is 0 Å². The third-order valence-corrected chi connectivity index (χ3v) is 5.79. The maximum atomic E-state index is 6.70. The van der Waals surface area contributed by atoms with Gasteiger partial charge in [-0.15, -0.1) is 0 Å². The van der Waals surface area contributed by atoms with Crippen molar-refractivity contribution >= 4 is 39.8 Å². The van der Waals surface area contributed by atoms with Crippen molar-refractivity contribution in [3.8, 4) is 22.8 Å². The average Bonchev–Trinajstić information content (AvgIpc) is 3.22. The van der Waals surface area contributed by atoms with Gasteiger partial charge < -0.3 is 14.4 Å². The first-order valence-electron chi connectivity index (χ1n) is 9.16. The van der Waals surface area contributed by atoms with Crippen molar-refractivity contribution in [3.05, 3.63) is 40.1 Å². The molecule has 0 spiro atoms. The fourth-order valence-corrected chi connectivity index (χ4v) is 4.30. The van der Waals surface area contributed by atoms with Crippen LogP contribution in [0.2, 0.25) is 10.2 Å². The third kappa shape index (κ3) is 3.23. The van der Waals surface area contributed by atoms with Gasteiger partial charge in [-0.2, -0.15) is 0 Å². The van der Waals surface area contributed by atoms with Crippen molar-refractivity contribution in [2.45, 2.75) is 19.8 Å². The smallest absolute Gasteiger partial charge is 0.141 e. The molecule has 0 N–H and O–H groups in total. The summed E-state index contributed by atoms with van der Waals surface area (Å²) in [5.41, 5.74) is 2.47. The Labute approximate surface area is 174 Å². The number of ether oxygens (including phenoxy) is 2. The molecule has 146 valence electrons. The van der Waals surface area contributed by atoms with Crippen molar-refractivity contribution in [2.75, 3.05) is 32.2 Å². The van der Waals surface area contributed by atoms with Gasteiger partial charge in [-0.1, -0.05) is 23.2 Å². The Morgan fingerprint density at radius 3 is 2.39 bits per heavy atom. The molecule has 0 amide bonds. The van der Waals surface area contributed by atoms with E-state index in [0.717, 1.165) is 59.3 Å². The first-order valence-corrected chi connectivity index (χ1v) is 9.91. The van der Waals surface area contributed by atoms with Crippen LogP contribution in [0.5, 0.6) is 11.5 Å². The highest BCUT2D eigenvalue weighted by Gasteiger charge is 2.22. The number of nitrogens with zero attached hydrogens (tertiary/aromatic N) is 3. The molecule has 7 heteroatoms. The van der Waals surface area contributed by atoms with Crippen molar-refractivity contribution in [3.63, 3.8) is 0 Å². The topological polar surface area (TPSA) is 47.5 Å². The molecule has 4 rings (SSSR count). The lowest BCUT2D eigenvalue weighted by atomic mass is 10.0. The van der Waals surface area contributed by atoms with E-state index in [2.05, 4.69) is 9.88 Å². The van der Waals surface area contributed by atoms with Crippen LogP contribution in [0.1, 0.15) is 18.4 Å². The summed E-state index contributed by atoms with van der Waals surface area (Å²) in [6, 6.07) is 5.66. The Balaban J connectivity index is 2.01. The number of hydrogen-bond acceptors (Lipinski definition) is 5. The van der Waals surface area contributed by atoms with Gasteiger partial charge in [-0.05, 0) is 31.9 Å². The van der Waals surface area contributed by atoms with Gasteiger partial charge in [0.25, 0.3) is 0 Å². The monoisotopic (exact) mass is 417 g/mol. The second kappa shape index (κ2) is 7.64. The zero-order valence-corrected chi connectivity index (χ0v) is 17.6. The Morgan fingerprint density at radius 1 is 1.00 bits per heavy atom. The molecule has 1 aliphatic heterocycles.